The van der Waals surface area contributed by atoms with E-state index in [0.717, 1.165) is 5.56 Å². The Morgan fingerprint density at radius 3 is 2.67 bits per heavy atom. The van der Waals surface area contributed by atoms with Gasteiger partial charge in [-0.3, -0.25) is 4.79 Å². The van der Waals surface area contributed by atoms with E-state index in [1.807, 2.05) is 25.1 Å². The largest absolute Gasteiger partial charge is 0.493 e. The van der Waals surface area contributed by atoms with Crippen molar-refractivity contribution in [3.05, 3.63) is 40.7 Å². The number of benzene rings is 1. The van der Waals surface area contributed by atoms with Crippen molar-refractivity contribution in [1.29, 1.82) is 0 Å². The van der Waals surface area contributed by atoms with E-state index in [4.69, 9.17) is 9.47 Å². The van der Waals surface area contributed by atoms with Crippen LogP contribution in [0.1, 0.15) is 6.92 Å². The lowest BCUT2D eigenvalue weighted by molar-refractivity contribution is 0.311. The van der Waals surface area contributed by atoms with E-state index in [2.05, 4.69) is 10.2 Å². The molecule has 0 unspecified atom stereocenters. The molecule has 0 radical (unpaired) electrons. The van der Waals surface area contributed by atoms with E-state index in [1.165, 1.54) is 6.07 Å². The number of hydrogen-bond acceptors (Lipinski definition) is 4. The molecule has 0 saturated heterocycles. The minimum Gasteiger partial charge on any atom is -0.493 e. The summed E-state index contributed by atoms with van der Waals surface area (Å²) in [5.74, 6) is 1.33. The highest BCUT2D eigenvalue weighted by Crippen LogP contribution is 2.31. The Morgan fingerprint density at radius 1 is 1.22 bits per heavy atom. The third-order valence-electron chi connectivity index (χ3n) is 2.44. The van der Waals surface area contributed by atoms with Gasteiger partial charge < -0.3 is 9.47 Å². The van der Waals surface area contributed by atoms with Crippen LogP contribution in [-0.2, 0) is 0 Å². The standard InChI is InChI=1S/C13H14N2O3/c1-3-18-11-6-4-9(8-12(11)17-2)10-5-7-13(16)15-14-10/h4-8H,3H2,1-2H3,(H,15,16). The molecule has 0 aliphatic rings. The molecule has 0 amide bonds. The summed E-state index contributed by atoms with van der Waals surface area (Å²) in [5, 5.41) is 6.36. The zero-order valence-corrected chi connectivity index (χ0v) is 10.3. The van der Waals surface area contributed by atoms with Gasteiger partial charge in [-0.25, -0.2) is 5.10 Å². The van der Waals surface area contributed by atoms with Crippen molar-refractivity contribution in [2.45, 2.75) is 6.92 Å². The first-order valence-corrected chi connectivity index (χ1v) is 5.61. The van der Waals surface area contributed by atoms with Gasteiger partial charge in [0.2, 0.25) is 0 Å². The highest BCUT2D eigenvalue weighted by atomic mass is 16.5. The maximum absolute atomic E-state index is 11.0. The number of H-pyrrole nitrogens is 1. The van der Waals surface area contributed by atoms with Gasteiger partial charge in [0.25, 0.3) is 5.56 Å². The summed E-state index contributed by atoms with van der Waals surface area (Å²) in [6, 6.07) is 8.61. The molecule has 0 spiro atoms. The minimum absolute atomic E-state index is 0.225. The molecule has 0 bridgehead atoms. The number of nitrogens with zero attached hydrogens (tertiary/aromatic N) is 1. The van der Waals surface area contributed by atoms with Crippen LogP contribution in [0.5, 0.6) is 11.5 Å². The monoisotopic (exact) mass is 246 g/mol. The van der Waals surface area contributed by atoms with E-state index in [1.54, 1.807) is 13.2 Å². The molecule has 0 atom stereocenters. The Hall–Kier alpha value is -2.30. The fraction of sp³-hybridized carbons (Fsp3) is 0.231. The Kier molecular flexibility index (Phi) is 3.62. The predicted molar refractivity (Wildman–Crippen MR) is 68.0 cm³/mol. The fourth-order valence-electron chi connectivity index (χ4n) is 1.61. The Balaban J connectivity index is 2.40. The van der Waals surface area contributed by atoms with Gasteiger partial charge in [-0.2, -0.15) is 5.10 Å². The maximum Gasteiger partial charge on any atom is 0.264 e. The normalized spacial score (nSPS) is 10.1. The first-order valence-electron chi connectivity index (χ1n) is 5.61. The van der Waals surface area contributed by atoms with Crippen LogP contribution in [0.3, 0.4) is 0 Å². The average molecular weight is 246 g/mol. The molecule has 5 nitrogen and oxygen atoms in total. The van der Waals surface area contributed by atoms with Crippen molar-refractivity contribution in [1.82, 2.24) is 10.2 Å². The van der Waals surface area contributed by atoms with Gasteiger partial charge in [-0.05, 0) is 31.2 Å². The van der Waals surface area contributed by atoms with Crippen LogP contribution in [0.15, 0.2) is 35.1 Å². The fourth-order valence-corrected chi connectivity index (χ4v) is 1.61. The van der Waals surface area contributed by atoms with Crippen LogP contribution >= 0.6 is 0 Å². The van der Waals surface area contributed by atoms with E-state index >= 15 is 0 Å². The summed E-state index contributed by atoms with van der Waals surface area (Å²) in [6.07, 6.45) is 0. The SMILES string of the molecule is CCOc1ccc(-c2ccc(=O)[nH]n2)cc1OC. The highest BCUT2D eigenvalue weighted by Gasteiger charge is 2.07. The lowest BCUT2D eigenvalue weighted by Gasteiger charge is -2.10. The number of nitrogens with one attached hydrogen (secondary N) is 1. The smallest absolute Gasteiger partial charge is 0.264 e. The highest BCUT2D eigenvalue weighted by molar-refractivity contribution is 5.63. The van der Waals surface area contributed by atoms with Gasteiger partial charge in [0.15, 0.2) is 11.5 Å². The van der Waals surface area contributed by atoms with Crippen LogP contribution in [0, 0.1) is 0 Å². The molecule has 94 valence electrons. The van der Waals surface area contributed by atoms with Crippen molar-refractivity contribution in [3.8, 4) is 22.8 Å². The minimum atomic E-state index is -0.225. The summed E-state index contributed by atoms with van der Waals surface area (Å²) < 4.78 is 10.7. The first-order chi connectivity index (χ1) is 8.74. The van der Waals surface area contributed by atoms with Gasteiger partial charge in [-0.1, -0.05) is 0 Å². The Bertz CT molecular complexity index is 573. The van der Waals surface area contributed by atoms with E-state index in [9.17, 15) is 4.79 Å². The van der Waals surface area contributed by atoms with Gasteiger partial charge in [0.1, 0.15) is 0 Å². The summed E-state index contributed by atoms with van der Waals surface area (Å²) in [7, 11) is 1.59. The van der Waals surface area contributed by atoms with Gasteiger partial charge >= 0.3 is 0 Å². The van der Waals surface area contributed by atoms with E-state index < -0.39 is 0 Å². The van der Waals surface area contributed by atoms with Gasteiger partial charge in [0, 0.05) is 11.6 Å². The van der Waals surface area contributed by atoms with Crippen LogP contribution in [0.2, 0.25) is 0 Å². The molecule has 0 aliphatic heterocycles. The summed E-state index contributed by atoms with van der Waals surface area (Å²) in [6.45, 7) is 2.49. The average Bonchev–Trinajstić information content (AvgIpc) is 2.40. The number of ether oxygens (including phenoxy) is 2. The molecule has 1 aromatic heterocycles. The molecule has 1 N–H and O–H groups in total. The van der Waals surface area contributed by atoms with Crippen molar-refractivity contribution in [2.24, 2.45) is 0 Å². The lowest BCUT2D eigenvalue weighted by atomic mass is 10.1. The molecule has 0 saturated carbocycles. The van der Waals surface area contributed by atoms with Crippen molar-refractivity contribution >= 4 is 0 Å². The topological polar surface area (TPSA) is 64.2 Å². The predicted octanol–water partition coefficient (Wildman–Crippen LogP) is 1.84. The zero-order valence-electron chi connectivity index (χ0n) is 10.3. The number of aromatic amines is 1. The summed E-state index contributed by atoms with van der Waals surface area (Å²) >= 11 is 0. The summed E-state index contributed by atoms with van der Waals surface area (Å²) in [5.41, 5.74) is 1.30. The Morgan fingerprint density at radius 2 is 2.06 bits per heavy atom. The second kappa shape index (κ2) is 5.35. The van der Waals surface area contributed by atoms with Crippen LogP contribution in [0.25, 0.3) is 11.3 Å². The van der Waals surface area contributed by atoms with E-state index in [-0.39, 0.29) is 5.56 Å². The molecule has 2 rings (SSSR count). The van der Waals surface area contributed by atoms with Gasteiger partial charge in [-0.15, -0.1) is 0 Å². The van der Waals surface area contributed by atoms with Crippen LogP contribution in [0.4, 0.5) is 0 Å². The second-order valence-electron chi connectivity index (χ2n) is 3.61. The van der Waals surface area contributed by atoms with Crippen molar-refractivity contribution in [2.75, 3.05) is 13.7 Å². The molecule has 2 aromatic rings. The number of hydrogen-bond donors (Lipinski definition) is 1. The lowest BCUT2D eigenvalue weighted by Crippen LogP contribution is -2.05. The number of aromatic nitrogens is 2. The molecule has 1 aromatic carbocycles. The number of rotatable bonds is 4. The summed E-state index contributed by atoms with van der Waals surface area (Å²) in [4.78, 5) is 11.0. The maximum atomic E-state index is 11.0. The van der Waals surface area contributed by atoms with Gasteiger partial charge in [0.05, 0.1) is 19.4 Å². The van der Waals surface area contributed by atoms with Crippen LogP contribution < -0.4 is 15.0 Å². The third-order valence-corrected chi connectivity index (χ3v) is 2.44. The molecule has 0 fully saturated rings. The zero-order chi connectivity index (χ0) is 13.0. The molecular formula is C13H14N2O3. The van der Waals surface area contributed by atoms with E-state index in [0.29, 0.717) is 23.8 Å². The third kappa shape index (κ3) is 2.51. The number of methoxy groups -OCH3 is 1. The first kappa shape index (κ1) is 12.2. The molecule has 1 heterocycles. The van der Waals surface area contributed by atoms with Crippen molar-refractivity contribution in [3.63, 3.8) is 0 Å². The molecule has 5 heteroatoms. The van der Waals surface area contributed by atoms with Crippen molar-refractivity contribution < 1.29 is 9.47 Å². The quantitative estimate of drug-likeness (QED) is 0.894. The second-order valence-corrected chi connectivity index (χ2v) is 3.61. The molecule has 0 aliphatic carbocycles. The Labute approximate surface area is 104 Å². The molecule has 18 heavy (non-hydrogen) atoms. The van der Waals surface area contributed by atoms with Crippen LogP contribution in [-0.4, -0.2) is 23.9 Å². The molecular weight excluding hydrogens is 232 g/mol.